The summed E-state index contributed by atoms with van der Waals surface area (Å²) >= 11 is 1.11. The molecule has 0 atom stereocenters. The lowest BCUT2D eigenvalue weighted by atomic mass is 10.3. The maximum Gasteiger partial charge on any atom is 0.252 e. The first kappa shape index (κ1) is 18.5. The van der Waals surface area contributed by atoms with E-state index < -0.39 is 15.9 Å². The topological polar surface area (TPSA) is 97.2 Å². The molecule has 3 rings (SSSR count). The lowest BCUT2D eigenvalue weighted by Crippen LogP contribution is -2.34. The molecule has 10 heteroatoms. The number of rotatable bonds is 6. The molecular weight excluding hydrogens is 374 g/mol. The predicted octanol–water partition coefficient (Wildman–Crippen LogP) is 2.33. The van der Waals surface area contributed by atoms with Gasteiger partial charge in [-0.15, -0.1) is 11.3 Å². The van der Waals surface area contributed by atoms with E-state index in [4.69, 9.17) is 0 Å². The largest absolute Gasteiger partial charge is 0.324 e. The average molecular weight is 393 g/mol. The van der Waals surface area contributed by atoms with Crippen molar-refractivity contribution >= 4 is 44.0 Å². The van der Waals surface area contributed by atoms with Crippen LogP contribution in [0.1, 0.15) is 19.9 Å². The molecule has 26 heavy (non-hydrogen) atoms. The van der Waals surface area contributed by atoms with E-state index in [1.807, 2.05) is 13.8 Å². The number of fused-ring (bicyclic) bond motifs is 1. The fraction of sp³-hybridized carbons (Fsp3) is 0.312. The van der Waals surface area contributed by atoms with Crippen LogP contribution in [0.3, 0.4) is 0 Å². The highest BCUT2D eigenvalue weighted by molar-refractivity contribution is 7.91. The summed E-state index contributed by atoms with van der Waals surface area (Å²) in [5.74, 6) is -0.440. The quantitative estimate of drug-likeness (QED) is 0.693. The molecule has 0 aliphatic heterocycles. The summed E-state index contributed by atoms with van der Waals surface area (Å²) in [6, 6.07) is 5.11. The summed E-state index contributed by atoms with van der Waals surface area (Å²) in [6.45, 7) is 3.73. The minimum Gasteiger partial charge on any atom is -0.324 e. The number of nitrogens with zero attached hydrogens (tertiary/aromatic N) is 4. The Morgan fingerprint density at radius 1 is 1.38 bits per heavy atom. The van der Waals surface area contributed by atoms with Crippen molar-refractivity contribution in [3.8, 4) is 0 Å². The molecular formula is C16H19N5O3S2. The SMILES string of the molecule is CC(C)n1ncc2cc(NC(=O)CN(C)S(=O)(=O)c3cccs3)cnc21. The van der Waals surface area contributed by atoms with E-state index in [1.54, 1.807) is 28.4 Å². The number of likely N-dealkylation sites (N-methyl/N-ethyl adjacent to an activating group) is 1. The van der Waals surface area contributed by atoms with E-state index in [9.17, 15) is 13.2 Å². The van der Waals surface area contributed by atoms with Crippen molar-refractivity contribution in [2.24, 2.45) is 0 Å². The first-order chi connectivity index (χ1) is 12.3. The van der Waals surface area contributed by atoms with Gasteiger partial charge >= 0.3 is 0 Å². The fourth-order valence-corrected chi connectivity index (χ4v) is 4.77. The van der Waals surface area contributed by atoms with Crippen LogP contribution in [-0.2, 0) is 14.8 Å². The summed E-state index contributed by atoms with van der Waals surface area (Å²) < 4.78 is 27.7. The molecule has 0 unspecified atom stereocenters. The summed E-state index contributed by atoms with van der Waals surface area (Å²) in [7, 11) is -2.28. The molecule has 3 aromatic rings. The van der Waals surface area contributed by atoms with Gasteiger partial charge in [0.1, 0.15) is 4.21 Å². The molecule has 1 N–H and O–H groups in total. The Kier molecular flexibility index (Phi) is 5.08. The van der Waals surface area contributed by atoms with Gasteiger partial charge in [-0.25, -0.2) is 18.1 Å². The minimum absolute atomic E-state index is 0.177. The summed E-state index contributed by atoms with van der Waals surface area (Å²) in [4.78, 5) is 16.6. The highest BCUT2D eigenvalue weighted by Crippen LogP contribution is 2.21. The molecule has 0 radical (unpaired) electrons. The Balaban J connectivity index is 1.71. The second-order valence-electron chi connectivity index (χ2n) is 6.06. The number of anilines is 1. The van der Waals surface area contributed by atoms with Crippen molar-refractivity contribution in [2.75, 3.05) is 18.9 Å². The highest BCUT2D eigenvalue weighted by Gasteiger charge is 2.24. The number of hydrogen-bond acceptors (Lipinski definition) is 6. The third-order valence-electron chi connectivity index (χ3n) is 3.73. The maximum absolute atomic E-state index is 12.4. The maximum atomic E-state index is 12.4. The van der Waals surface area contributed by atoms with Gasteiger partial charge in [0.05, 0.1) is 24.6 Å². The van der Waals surface area contributed by atoms with Gasteiger partial charge in [0.15, 0.2) is 5.65 Å². The smallest absolute Gasteiger partial charge is 0.252 e. The number of carbonyl (C=O) groups excluding carboxylic acids is 1. The zero-order valence-electron chi connectivity index (χ0n) is 14.6. The number of carbonyl (C=O) groups is 1. The van der Waals surface area contributed by atoms with Crippen LogP contribution in [0.2, 0.25) is 0 Å². The predicted molar refractivity (Wildman–Crippen MR) is 101 cm³/mol. The van der Waals surface area contributed by atoms with Crippen LogP contribution in [-0.4, -0.2) is 47.0 Å². The molecule has 3 aromatic heterocycles. The van der Waals surface area contributed by atoms with E-state index in [0.29, 0.717) is 5.69 Å². The second-order valence-corrected chi connectivity index (χ2v) is 9.28. The van der Waals surface area contributed by atoms with Crippen LogP contribution in [0, 0.1) is 0 Å². The zero-order chi connectivity index (χ0) is 18.9. The monoisotopic (exact) mass is 393 g/mol. The van der Waals surface area contributed by atoms with Crippen molar-refractivity contribution in [3.63, 3.8) is 0 Å². The average Bonchev–Trinajstić information content (AvgIpc) is 3.24. The molecule has 0 fully saturated rings. The molecule has 0 aliphatic carbocycles. The van der Waals surface area contributed by atoms with Crippen molar-refractivity contribution in [3.05, 3.63) is 36.0 Å². The molecule has 0 saturated heterocycles. The number of amides is 1. The number of nitrogens with one attached hydrogen (secondary N) is 1. The van der Waals surface area contributed by atoms with Gasteiger partial charge in [-0.2, -0.15) is 9.40 Å². The lowest BCUT2D eigenvalue weighted by molar-refractivity contribution is -0.116. The van der Waals surface area contributed by atoms with Crippen molar-refractivity contribution in [1.82, 2.24) is 19.1 Å². The summed E-state index contributed by atoms with van der Waals surface area (Å²) in [5, 5.41) is 9.44. The van der Waals surface area contributed by atoms with Crippen molar-refractivity contribution < 1.29 is 13.2 Å². The molecule has 3 heterocycles. The third kappa shape index (κ3) is 3.62. The third-order valence-corrected chi connectivity index (χ3v) is 6.91. The number of hydrogen-bond donors (Lipinski definition) is 1. The Bertz CT molecular complexity index is 1030. The van der Waals surface area contributed by atoms with Crippen LogP contribution in [0.5, 0.6) is 0 Å². The molecule has 0 saturated carbocycles. The molecule has 0 aliphatic rings. The Labute approximate surface area is 155 Å². The van der Waals surface area contributed by atoms with Crippen molar-refractivity contribution in [2.45, 2.75) is 24.1 Å². The van der Waals surface area contributed by atoms with Crippen LogP contribution in [0.15, 0.2) is 40.2 Å². The summed E-state index contributed by atoms with van der Waals surface area (Å²) in [5.41, 5.74) is 1.23. The molecule has 0 bridgehead atoms. The van der Waals surface area contributed by atoms with E-state index in [2.05, 4.69) is 15.4 Å². The van der Waals surface area contributed by atoms with E-state index in [0.717, 1.165) is 26.7 Å². The van der Waals surface area contributed by atoms with Crippen molar-refractivity contribution in [1.29, 1.82) is 0 Å². The molecule has 1 amide bonds. The Morgan fingerprint density at radius 2 is 2.15 bits per heavy atom. The van der Waals surface area contributed by atoms with Gasteiger partial charge in [-0.3, -0.25) is 4.79 Å². The first-order valence-electron chi connectivity index (χ1n) is 7.92. The minimum atomic E-state index is -3.66. The Morgan fingerprint density at radius 3 is 2.81 bits per heavy atom. The number of sulfonamides is 1. The van der Waals surface area contributed by atoms with E-state index in [1.165, 1.54) is 19.3 Å². The second kappa shape index (κ2) is 7.14. The van der Waals surface area contributed by atoms with E-state index in [-0.39, 0.29) is 16.8 Å². The molecule has 138 valence electrons. The number of thiophene rings is 1. The molecule has 0 aromatic carbocycles. The van der Waals surface area contributed by atoms with Gasteiger partial charge < -0.3 is 5.32 Å². The number of aromatic nitrogens is 3. The number of pyridine rings is 1. The van der Waals surface area contributed by atoms with Crippen LogP contribution >= 0.6 is 11.3 Å². The molecule has 0 spiro atoms. The zero-order valence-corrected chi connectivity index (χ0v) is 16.2. The van der Waals surface area contributed by atoms with Crippen LogP contribution < -0.4 is 5.32 Å². The molecule has 8 nitrogen and oxygen atoms in total. The standard InChI is InChI=1S/C16H19N5O3S2/c1-11(2)21-16-12(8-18-21)7-13(9-17-16)19-14(22)10-20(3)26(23,24)15-5-4-6-25-15/h4-9,11H,10H2,1-3H3,(H,19,22). The Hall–Kier alpha value is -2.30. The van der Waals surface area contributed by atoms with Gasteiger partial charge in [0, 0.05) is 18.5 Å². The fourth-order valence-electron chi connectivity index (χ4n) is 2.44. The highest BCUT2D eigenvalue weighted by atomic mass is 32.2. The van der Waals surface area contributed by atoms with Gasteiger partial charge in [-0.05, 0) is 31.4 Å². The van der Waals surface area contributed by atoms with Crippen LogP contribution in [0.25, 0.3) is 11.0 Å². The van der Waals surface area contributed by atoms with Crippen LogP contribution in [0.4, 0.5) is 5.69 Å². The summed E-state index contributed by atoms with van der Waals surface area (Å²) in [6.07, 6.45) is 3.22. The first-order valence-corrected chi connectivity index (χ1v) is 10.2. The normalized spacial score (nSPS) is 12.2. The van der Waals surface area contributed by atoms with Gasteiger partial charge in [0.2, 0.25) is 5.91 Å². The lowest BCUT2D eigenvalue weighted by Gasteiger charge is -2.15. The van der Waals surface area contributed by atoms with E-state index >= 15 is 0 Å². The van der Waals surface area contributed by atoms with Gasteiger partial charge in [-0.1, -0.05) is 6.07 Å². The van der Waals surface area contributed by atoms with Gasteiger partial charge in [0.25, 0.3) is 10.0 Å².